The predicted molar refractivity (Wildman–Crippen MR) is 137 cm³/mol. The Morgan fingerprint density at radius 1 is 1.31 bits per heavy atom. The number of anilines is 2. The second kappa shape index (κ2) is 9.33. The van der Waals surface area contributed by atoms with Gasteiger partial charge in [-0.1, -0.05) is 33.8 Å². The van der Waals surface area contributed by atoms with E-state index in [1.165, 1.54) is 5.56 Å². The Morgan fingerprint density at radius 3 is 2.71 bits per heavy atom. The number of nitrogens with one attached hydrogen (secondary N) is 1. The topological polar surface area (TPSA) is 89.3 Å². The van der Waals surface area contributed by atoms with Crippen molar-refractivity contribution in [1.29, 1.82) is 5.26 Å². The van der Waals surface area contributed by atoms with Crippen LogP contribution in [0.1, 0.15) is 61.2 Å². The number of benzene rings is 1. The van der Waals surface area contributed by atoms with E-state index in [2.05, 4.69) is 44.1 Å². The third-order valence-electron chi connectivity index (χ3n) is 7.85. The first-order valence-electron chi connectivity index (χ1n) is 12.4. The average Bonchev–Trinajstić information content (AvgIpc) is 3.10. The number of amides is 2. The van der Waals surface area contributed by atoms with E-state index < -0.39 is 0 Å². The quantitative estimate of drug-likeness (QED) is 0.713. The molecule has 1 aromatic carbocycles. The van der Waals surface area contributed by atoms with Gasteiger partial charge in [0.1, 0.15) is 5.82 Å². The summed E-state index contributed by atoms with van der Waals surface area (Å²) in [7, 11) is 2.07. The van der Waals surface area contributed by atoms with Crippen LogP contribution in [0.25, 0.3) is 0 Å². The van der Waals surface area contributed by atoms with Gasteiger partial charge in [0.2, 0.25) is 5.91 Å². The van der Waals surface area contributed by atoms with Crippen molar-refractivity contribution in [1.82, 2.24) is 9.88 Å². The minimum atomic E-state index is -0.256. The standard InChI is InChI=1S/C28H35N5O2/c1-17(2)27(35)33-11-10-22(18(3)15-33)28(5)16-32(6)25-24(28)19(4)23(14-30-25)31-26(34)21-9-7-8-20(12-21)13-29/h7-9,12,14,17-18,22H,10-11,15-16H2,1-6H3,(H,31,34)/t18-,22+,28?/m0/s1. The molecule has 35 heavy (non-hydrogen) atoms. The number of aromatic nitrogens is 1. The van der Waals surface area contributed by atoms with E-state index in [-0.39, 0.29) is 23.1 Å². The van der Waals surface area contributed by atoms with E-state index in [9.17, 15) is 9.59 Å². The molecule has 0 spiro atoms. The molecule has 0 radical (unpaired) electrons. The van der Waals surface area contributed by atoms with Gasteiger partial charge in [-0.05, 0) is 48.9 Å². The fourth-order valence-electron chi connectivity index (χ4n) is 6.22. The number of likely N-dealkylation sites (N-methyl/N-ethyl adjacent to an activating group) is 1. The van der Waals surface area contributed by atoms with E-state index in [1.54, 1.807) is 30.5 Å². The first-order chi connectivity index (χ1) is 16.6. The van der Waals surface area contributed by atoms with Crippen LogP contribution in [-0.2, 0) is 10.2 Å². The lowest BCUT2D eigenvalue weighted by atomic mass is 9.64. The Balaban J connectivity index is 1.63. The van der Waals surface area contributed by atoms with Gasteiger partial charge < -0.3 is 15.1 Å². The molecule has 0 aliphatic carbocycles. The lowest BCUT2D eigenvalue weighted by Crippen LogP contribution is -2.51. The number of nitriles is 1. The SMILES string of the molecule is Cc1c(NC(=O)c2cccc(C#N)c2)cnc2c1C(C)([C@@H]1CCN(C(=O)C(C)C)C[C@@H]1C)CN2C. The maximum Gasteiger partial charge on any atom is 0.255 e. The summed E-state index contributed by atoms with van der Waals surface area (Å²) in [6.45, 7) is 12.9. The molecule has 3 heterocycles. The molecule has 3 atom stereocenters. The van der Waals surface area contributed by atoms with E-state index in [1.807, 2.05) is 18.7 Å². The summed E-state index contributed by atoms with van der Waals surface area (Å²) in [5, 5.41) is 12.2. The van der Waals surface area contributed by atoms with Crippen LogP contribution in [0.3, 0.4) is 0 Å². The highest BCUT2D eigenvalue weighted by atomic mass is 16.2. The first kappa shape index (κ1) is 24.7. The number of carbonyl (C=O) groups is 2. The van der Waals surface area contributed by atoms with Gasteiger partial charge in [-0.15, -0.1) is 0 Å². The summed E-state index contributed by atoms with van der Waals surface area (Å²) >= 11 is 0. The van der Waals surface area contributed by atoms with Crippen molar-refractivity contribution in [3.8, 4) is 6.07 Å². The Morgan fingerprint density at radius 2 is 2.06 bits per heavy atom. The fraction of sp³-hybridized carbons (Fsp3) is 0.500. The summed E-state index contributed by atoms with van der Waals surface area (Å²) in [6, 6.07) is 8.78. The van der Waals surface area contributed by atoms with Crippen molar-refractivity contribution in [2.75, 3.05) is 36.9 Å². The van der Waals surface area contributed by atoms with Gasteiger partial charge in [0, 0.05) is 49.1 Å². The van der Waals surface area contributed by atoms with Crippen LogP contribution in [0, 0.1) is 36.0 Å². The van der Waals surface area contributed by atoms with Crippen LogP contribution in [0.4, 0.5) is 11.5 Å². The highest BCUT2D eigenvalue weighted by Gasteiger charge is 2.49. The van der Waals surface area contributed by atoms with Crippen LogP contribution in [-0.4, -0.2) is 48.4 Å². The zero-order valence-electron chi connectivity index (χ0n) is 21.6. The summed E-state index contributed by atoms with van der Waals surface area (Å²) in [4.78, 5) is 34.6. The Labute approximate surface area is 208 Å². The highest BCUT2D eigenvalue weighted by Crippen LogP contribution is 2.51. The second-order valence-corrected chi connectivity index (χ2v) is 10.7. The molecule has 1 unspecified atom stereocenters. The summed E-state index contributed by atoms with van der Waals surface area (Å²) in [5.74, 6) is 1.69. The summed E-state index contributed by atoms with van der Waals surface area (Å²) in [5.41, 5.74) is 3.66. The lowest BCUT2D eigenvalue weighted by molar-refractivity contribution is -0.137. The van der Waals surface area contributed by atoms with E-state index in [0.717, 1.165) is 37.4 Å². The van der Waals surface area contributed by atoms with Crippen LogP contribution >= 0.6 is 0 Å². The molecule has 1 N–H and O–H groups in total. The largest absolute Gasteiger partial charge is 0.359 e. The smallest absolute Gasteiger partial charge is 0.255 e. The Bertz CT molecular complexity index is 1200. The van der Waals surface area contributed by atoms with E-state index >= 15 is 0 Å². The molecule has 2 aliphatic heterocycles. The molecule has 7 nitrogen and oxygen atoms in total. The zero-order chi connectivity index (χ0) is 25.5. The van der Waals surface area contributed by atoms with Crippen LogP contribution in [0.5, 0.6) is 0 Å². The summed E-state index contributed by atoms with van der Waals surface area (Å²) in [6.07, 6.45) is 2.68. The number of rotatable bonds is 4. The van der Waals surface area contributed by atoms with Gasteiger partial charge >= 0.3 is 0 Å². The Hall–Kier alpha value is -3.40. The molecule has 1 saturated heterocycles. The number of likely N-dealkylation sites (tertiary alicyclic amines) is 1. The van der Waals surface area contributed by atoms with Crippen molar-refractivity contribution in [2.24, 2.45) is 17.8 Å². The monoisotopic (exact) mass is 473 g/mol. The molecule has 1 aromatic heterocycles. The van der Waals surface area contributed by atoms with Crippen molar-refractivity contribution >= 4 is 23.3 Å². The molecule has 4 rings (SSSR count). The van der Waals surface area contributed by atoms with Gasteiger partial charge in [0.15, 0.2) is 0 Å². The molecule has 0 saturated carbocycles. The predicted octanol–water partition coefficient (Wildman–Crippen LogP) is 4.36. The number of carbonyl (C=O) groups excluding carboxylic acids is 2. The third kappa shape index (κ3) is 4.38. The minimum Gasteiger partial charge on any atom is -0.359 e. The molecular weight excluding hydrogens is 438 g/mol. The molecule has 0 bridgehead atoms. The molecular formula is C28H35N5O2. The van der Waals surface area contributed by atoms with Crippen molar-refractivity contribution < 1.29 is 9.59 Å². The highest BCUT2D eigenvalue weighted by molar-refractivity contribution is 6.05. The third-order valence-corrected chi connectivity index (χ3v) is 7.85. The van der Waals surface area contributed by atoms with Gasteiger partial charge in [-0.2, -0.15) is 5.26 Å². The van der Waals surface area contributed by atoms with Crippen LogP contribution < -0.4 is 10.2 Å². The number of pyridine rings is 1. The van der Waals surface area contributed by atoms with E-state index in [4.69, 9.17) is 10.2 Å². The molecule has 2 aliphatic rings. The van der Waals surface area contributed by atoms with Crippen molar-refractivity contribution in [3.05, 3.63) is 52.7 Å². The maximum absolute atomic E-state index is 13.0. The van der Waals surface area contributed by atoms with Crippen LogP contribution in [0.2, 0.25) is 0 Å². The lowest BCUT2D eigenvalue weighted by Gasteiger charge is -2.45. The zero-order valence-corrected chi connectivity index (χ0v) is 21.6. The summed E-state index contributed by atoms with van der Waals surface area (Å²) < 4.78 is 0. The number of piperidine rings is 1. The van der Waals surface area contributed by atoms with Gasteiger partial charge in [0.25, 0.3) is 5.91 Å². The minimum absolute atomic E-state index is 0.0131. The Kier molecular flexibility index (Phi) is 6.59. The maximum atomic E-state index is 13.0. The van der Waals surface area contributed by atoms with Crippen molar-refractivity contribution in [3.63, 3.8) is 0 Å². The van der Waals surface area contributed by atoms with Crippen molar-refractivity contribution in [2.45, 2.75) is 46.5 Å². The van der Waals surface area contributed by atoms with Crippen LogP contribution in [0.15, 0.2) is 30.5 Å². The van der Waals surface area contributed by atoms with Gasteiger partial charge in [0.05, 0.1) is 23.5 Å². The number of fused-ring (bicyclic) bond motifs is 1. The van der Waals surface area contributed by atoms with Gasteiger partial charge in [-0.3, -0.25) is 9.59 Å². The van der Waals surface area contributed by atoms with E-state index in [0.29, 0.717) is 28.7 Å². The van der Waals surface area contributed by atoms with Gasteiger partial charge in [-0.25, -0.2) is 4.98 Å². The molecule has 2 aromatic rings. The molecule has 2 amide bonds. The number of hydrogen-bond acceptors (Lipinski definition) is 5. The fourth-order valence-corrected chi connectivity index (χ4v) is 6.22. The normalized spacial score (nSPS) is 23.7. The second-order valence-electron chi connectivity index (χ2n) is 10.7. The molecule has 1 fully saturated rings. The molecule has 7 heteroatoms. The number of hydrogen-bond donors (Lipinski definition) is 1. The number of nitrogens with zero attached hydrogens (tertiary/aromatic N) is 4. The molecule has 184 valence electrons. The first-order valence-corrected chi connectivity index (χ1v) is 12.4. The average molecular weight is 474 g/mol.